The van der Waals surface area contributed by atoms with Crippen molar-refractivity contribution in [3.63, 3.8) is 0 Å². The molecule has 0 atom stereocenters. The summed E-state index contributed by atoms with van der Waals surface area (Å²) in [6.07, 6.45) is -0.169. The van der Waals surface area contributed by atoms with E-state index in [1.807, 2.05) is 32.5 Å². The van der Waals surface area contributed by atoms with E-state index in [1.165, 1.54) is 11.3 Å². The molecule has 1 aromatic rings. The number of nitrogens with one attached hydrogen (secondary N) is 1. The minimum absolute atomic E-state index is 0.169. The SMILES string of the molecule is CCOC(CNCc1c(C)nn(C)c1C)OCC. The fourth-order valence-electron chi connectivity index (χ4n) is 1.93. The molecule has 0 unspecified atom stereocenters. The van der Waals surface area contributed by atoms with Gasteiger partial charge in [-0.15, -0.1) is 0 Å². The van der Waals surface area contributed by atoms with Gasteiger partial charge in [0.2, 0.25) is 0 Å². The molecule has 18 heavy (non-hydrogen) atoms. The summed E-state index contributed by atoms with van der Waals surface area (Å²) in [7, 11) is 1.97. The highest BCUT2D eigenvalue weighted by atomic mass is 16.7. The zero-order chi connectivity index (χ0) is 13.5. The minimum atomic E-state index is -0.169. The molecular weight excluding hydrogens is 230 g/mol. The molecule has 0 spiro atoms. The standard InChI is InChI=1S/C13H25N3O2/c1-6-17-13(18-7-2)9-14-8-12-10(3)15-16(5)11(12)4/h13-14H,6-9H2,1-5H3. The predicted octanol–water partition coefficient (Wildman–Crippen LogP) is 1.53. The first kappa shape index (κ1) is 15.1. The van der Waals surface area contributed by atoms with E-state index in [9.17, 15) is 0 Å². The molecule has 1 aromatic heterocycles. The molecule has 1 heterocycles. The highest BCUT2D eigenvalue weighted by molar-refractivity contribution is 5.23. The average Bonchev–Trinajstić information content (AvgIpc) is 2.56. The number of nitrogens with zero attached hydrogens (tertiary/aromatic N) is 2. The lowest BCUT2D eigenvalue weighted by Crippen LogP contribution is -2.31. The molecule has 0 aromatic carbocycles. The van der Waals surface area contributed by atoms with Gasteiger partial charge in [-0.3, -0.25) is 4.68 Å². The van der Waals surface area contributed by atoms with Crippen LogP contribution < -0.4 is 5.32 Å². The van der Waals surface area contributed by atoms with Crippen molar-refractivity contribution in [2.45, 2.75) is 40.5 Å². The molecule has 0 saturated heterocycles. The number of ether oxygens (including phenoxy) is 2. The summed E-state index contributed by atoms with van der Waals surface area (Å²) in [5.41, 5.74) is 3.53. The van der Waals surface area contributed by atoms with Crippen molar-refractivity contribution >= 4 is 0 Å². The number of rotatable bonds is 8. The Morgan fingerprint density at radius 1 is 1.22 bits per heavy atom. The van der Waals surface area contributed by atoms with Crippen LogP contribution in [0.1, 0.15) is 30.8 Å². The lowest BCUT2D eigenvalue weighted by atomic mass is 10.2. The summed E-state index contributed by atoms with van der Waals surface area (Å²) in [5.74, 6) is 0. The summed E-state index contributed by atoms with van der Waals surface area (Å²) >= 11 is 0. The monoisotopic (exact) mass is 255 g/mol. The Bertz CT molecular complexity index is 357. The second-order valence-electron chi connectivity index (χ2n) is 4.24. The summed E-state index contributed by atoms with van der Waals surface area (Å²) in [5, 5.41) is 7.76. The maximum Gasteiger partial charge on any atom is 0.169 e. The molecule has 0 aliphatic heterocycles. The molecule has 0 fully saturated rings. The third-order valence-corrected chi connectivity index (χ3v) is 2.98. The quantitative estimate of drug-likeness (QED) is 0.716. The highest BCUT2D eigenvalue weighted by Crippen LogP contribution is 2.11. The number of hydrogen-bond acceptors (Lipinski definition) is 4. The molecule has 0 aliphatic rings. The smallest absolute Gasteiger partial charge is 0.169 e. The van der Waals surface area contributed by atoms with Gasteiger partial charge in [-0.25, -0.2) is 0 Å². The topological polar surface area (TPSA) is 48.3 Å². The van der Waals surface area contributed by atoms with Crippen LogP contribution in [0, 0.1) is 13.8 Å². The van der Waals surface area contributed by atoms with E-state index in [-0.39, 0.29) is 6.29 Å². The second kappa shape index (κ2) is 7.51. The molecule has 0 saturated carbocycles. The summed E-state index contributed by atoms with van der Waals surface area (Å²) < 4.78 is 12.9. The van der Waals surface area contributed by atoms with E-state index < -0.39 is 0 Å². The molecule has 104 valence electrons. The maximum absolute atomic E-state index is 5.48. The van der Waals surface area contributed by atoms with Crippen molar-refractivity contribution < 1.29 is 9.47 Å². The molecule has 1 N–H and O–H groups in total. The van der Waals surface area contributed by atoms with Gasteiger partial charge in [0.15, 0.2) is 6.29 Å². The Morgan fingerprint density at radius 3 is 2.28 bits per heavy atom. The van der Waals surface area contributed by atoms with Crippen LogP contribution in [0.3, 0.4) is 0 Å². The maximum atomic E-state index is 5.48. The molecule has 5 nitrogen and oxygen atoms in total. The molecule has 0 aliphatic carbocycles. The van der Waals surface area contributed by atoms with E-state index in [0.29, 0.717) is 19.8 Å². The van der Waals surface area contributed by atoms with Gasteiger partial charge < -0.3 is 14.8 Å². The minimum Gasteiger partial charge on any atom is -0.352 e. The Labute approximate surface area is 109 Å². The third-order valence-electron chi connectivity index (χ3n) is 2.98. The predicted molar refractivity (Wildman–Crippen MR) is 71.4 cm³/mol. The first-order valence-corrected chi connectivity index (χ1v) is 6.53. The van der Waals surface area contributed by atoms with Crippen LogP contribution in [0.25, 0.3) is 0 Å². The second-order valence-corrected chi connectivity index (χ2v) is 4.24. The van der Waals surface area contributed by atoms with Crippen molar-refractivity contribution in [2.75, 3.05) is 19.8 Å². The Kier molecular flexibility index (Phi) is 6.32. The fraction of sp³-hybridized carbons (Fsp3) is 0.769. The normalized spacial score (nSPS) is 11.4. The summed E-state index contributed by atoms with van der Waals surface area (Å²) in [6, 6.07) is 0. The van der Waals surface area contributed by atoms with Crippen molar-refractivity contribution in [3.05, 3.63) is 17.0 Å². The molecule has 5 heteroatoms. The van der Waals surface area contributed by atoms with E-state index in [2.05, 4.69) is 17.3 Å². The van der Waals surface area contributed by atoms with Gasteiger partial charge in [0.25, 0.3) is 0 Å². The molecule has 0 bridgehead atoms. The summed E-state index contributed by atoms with van der Waals surface area (Å²) in [4.78, 5) is 0. The van der Waals surface area contributed by atoms with E-state index >= 15 is 0 Å². The van der Waals surface area contributed by atoms with E-state index in [4.69, 9.17) is 9.47 Å². The van der Waals surface area contributed by atoms with E-state index in [0.717, 1.165) is 12.2 Å². The molecule has 0 radical (unpaired) electrons. The van der Waals surface area contributed by atoms with Gasteiger partial charge in [-0.05, 0) is 27.7 Å². The van der Waals surface area contributed by atoms with Crippen molar-refractivity contribution in [3.8, 4) is 0 Å². The van der Waals surface area contributed by atoms with Gasteiger partial charge >= 0.3 is 0 Å². The largest absolute Gasteiger partial charge is 0.352 e. The van der Waals surface area contributed by atoms with Crippen LogP contribution in [0.2, 0.25) is 0 Å². The summed E-state index contributed by atoms with van der Waals surface area (Å²) in [6.45, 7) is 10.9. The van der Waals surface area contributed by atoms with Crippen molar-refractivity contribution in [2.24, 2.45) is 7.05 Å². The first-order chi connectivity index (χ1) is 8.60. The van der Waals surface area contributed by atoms with Crippen molar-refractivity contribution in [1.29, 1.82) is 0 Å². The van der Waals surface area contributed by atoms with Crippen molar-refractivity contribution in [1.82, 2.24) is 15.1 Å². The Balaban J connectivity index is 2.44. The van der Waals surface area contributed by atoms with E-state index in [1.54, 1.807) is 0 Å². The number of aryl methyl sites for hydroxylation is 2. The molecule has 0 amide bonds. The van der Waals surface area contributed by atoms with Crippen LogP contribution in [0.4, 0.5) is 0 Å². The Hall–Kier alpha value is -0.910. The van der Waals surface area contributed by atoms with Crippen LogP contribution in [-0.2, 0) is 23.1 Å². The number of hydrogen-bond donors (Lipinski definition) is 1. The zero-order valence-electron chi connectivity index (χ0n) is 12.1. The average molecular weight is 255 g/mol. The lowest BCUT2D eigenvalue weighted by molar-refractivity contribution is -0.133. The van der Waals surface area contributed by atoms with Crippen LogP contribution in [-0.4, -0.2) is 35.8 Å². The van der Waals surface area contributed by atoms with Gasteiger partial charge in [0.05, 0.1) is 5.69 Å². The Morgan fingerprint density at radius 2 is 1.83 bits per heavy atom. The zero-order valence-corrected chi connectivity index (χ0v) is 12.1. The fourth-order valence-corrected chi connectivity index (χ4v) is 1.93. The van der Waals surface area contributed by atoms with Gasteiger partial charge in [0, 0.05) is 44.6 Å². The van der Waals surface area contributed by atoms with Gasteiger partial charge in [-0.2, -0.15) is 5.10 Å². The third kappa shape index (κ3) is 4.08. The van der Waals surface area contributed by atoms with Gasteiger partial charge in [-0.1, -0.05) is 0 Å². The molecular formula is C13H25N3O2. The highest BCUT2D eigenvalue weighted by Gasteiger charge is 2.11. The first-order valence-electron chi connectivity index (χ1n) is 6.53. The van der Waals surface area contributed by atoms with Gasteiger partial charge in [0.1, 0.15) is 0 Å². The number of aromatic nitrogens is 2. The van der Waals surface area contributed by atoms with Crippen LogP contribution >= 0.6 is 0 Å². The lowest BCUT2D eigenvalue weighted by Gasteiger charge is -2.17. The van der Waals surface area contributed by atoms with Crippen LogP contribution in [0.15, 0.2) is 0 Å². The molecule has 1 rings (SSSR count). The van der Waals surface area contributed by atoms with Crippen LogP contribution in [0.5, 0.6) is 0 Å².